The molecular weight excluding hydrogens is 217 g/mol. The SMILES string of the molecule is NC(Cc1ccc(F)c2c1OCO2)C(=O)O. The summed E-state index contributed by atoms with van der Waals surface area (Å²) in [6.07, 6.45) is 0.0707. The van der Waals surface area contributed by atoms with Gasteiger partial charge in [0, 0.05) is 12.0 Å². The molecule has 86 valence electrons. The number of rotatable bonds is 3. The van der Waals surface area contributed by atoms with Gasteiger partial charge in [-0.05, 0) is 6.07 Å². The second-order valence-electron chi connectivity index (χ2n) is 3.42. The molecule has 1 aliphatic rings. The molecule has 0 fully saturated rings. The summed E-state index contributed by atoms with van der Waals surface area (Å²) in [6, 6.07) is 1.61. The van der Waals surface area contributed by atoms with Gasteiger partial charge in [0.2, 0.25) is 12.5 Å². The van der Waals surface area contributed by atoms with E-state index in [1.165, 1.54) is 12.1 Å². The van der Waals surface area contributed by atoms with Gasteiger partial charge in [0.25, 0.3) is 0 Å². The molecule has 0 radical (unpaired) electrons. The van der Waals surface area contributed by atoms with Crippen LogP contribution >= 0.6 is 0 Å². The highest BCUT2D eigenvalue weighted by Gasteiger charge is 2.24. The van der Waals surface area contributed by atoms with E-state index >= 15 is 0 Å². The van der Waals surface area contributed by atoms with Gasteiger partial charge in [-0.25, -0.2) is 4.39 Å². The van der Waals surface area contributed by atoms with Crippen LogP contribution in [0.4, 0.5) is 4.39 Å². The monoisotopic (exact) mass is 227 g/mol. The van der Waals surface area contributed by atoms with Crippen LogP contribution in [-0.2, 0) is 11.2 Å². The average molecular weight is 227 g/mol. The van der Waals surface area contributed by atoms with Gasteiger partial charge in [-0.2, -0.15) is 0 Å². The molecule has 6 heteroatoms. The number of benzene rings is 1. The Morgan fingerprint density at radius 2 is 2.19 bits per heavy atom. The van der Waals surface area contributed by atoms with E-state index < -0.39 is 17.8 Å². The van der Waals surface area contributed by atoms with Crippen LogP contribution < -0.4 is 15.2 Å². The van der Waals surface area contributed by atoms with Crippen molar-refractivity contribution in [2.45, 2.75) is 12.5 Å². The second-order valence-corrected chi connectivity index (χ2v) is 3.42. The number of halogens is 1. The van der Waals surface area contributed by atoms with Crippen molar-refractivity contribution in [2.75, 3.05) is 6.79 Å². The fourth-order valence-electron chi connectivity index (χ4n) is 1.50. The molecule has 16 heavy (non-hydrogen) atoms. The third-order valence-corrected chi connectivity index (χ3v) is 2.31. The number of fused-ring (bicyclic) bond motifs is 1. The maximum Gasteiger partial charge on any atom is 0.320 e. The standard InChI is InChI=1S/C10H10FNO4/c11-6-2-1-5(3-7(12)10(13)14)8-9(6)16-4-15-8/h1-2,7H,3-4,12H2,(H,13,14). The van der Waals surface area contributed by atoms with Crippen molar-refractivity contribution < 1.29 is 23.8 Å². The molecule has 1 heterocycles. The van der Waals surface area contributed by atoms with Gasteiger partial charge >= 0.3 is 5.97 Å². The lowest BCUT2D eigenvalue weighted by Gasteiger charge is -2.09. The van der Waals surface area contributed by atoms with Crippen LogP contribution in [0.2, 0.25) is 0 Å². The van der Waals surface area contributed by atoms with Gasteiger partial charge in [-0.15, -0.1) is 0 Å². The number of nitrogens with two attached hydrogens (primary N) is 1. The highest BCUT2D eigenvalue weighted by Crippen LogP contribution is 2.38. The minimum atomic E-state index is -1.11. The first-order valence-electron chi connectivity index (χ1n) is 4.65. The fraction of sp³-hybridized carbons (Fsp3) is 0.300. The fourth-order valence-corrected chi connectivity index (χ4v) is 1.50. The van der Waals surface area contributed by atoms with Gasteiger partial charge in [0.05, 0.1) is 0 Å². The third-order valence-electron chi connectivity index (χ3n) is 2.31. The quantitative estimate of drug-likeness (QED) is 0.786. The number of aliphatic carboxylic acids is 1. The summed E-state index contributed by atoms with van der Waals surface area (Å²) >= 11 is 0. The molecule has 0 aliphatic carbocycles. The number of carboxylic acids is 1. The van der Waals surface area contributed by atoms with Crippen molar-refractivity contribution in [1.29, 1.82) is 0 Å². The largest absolute Gasteiger partial charge is 0.480 e. The summed E-state index contributed by atoms with van der Waals surface area (Å²) in [5, 5.41) is 8.68. The summed E-state index contributed by atoms with van der Waals surface area (Å²) in [5.74, 6) is -1.37. The minimum absolute atomic E-state index is 0.0232. The van der Waals surface area contributed by atoms with E-state index in [0.29, 0.717) is 5.56 Å². The van der Waals surface area contributed by atoms with E-state index in [-0.39, 0.29) is 24.7 Å². The zero-order valence-corrected chi connectivity index (χ0v) is 8.27. The van der Waals surface area contributed by atoms with Gasteiger partial charge in [0.1, 0.15) is 6.04 Å². The lowest BCUT2D eigenvalue weighted by molar-refractivity contribution is -0.138. The Labute approximate surface area is 90.6 Å². The van der Waals surface area contributed by atoms with E-state index in [1.807, 2.05) is 0 Å². The zero-order chi connectivity index (χ0) is 11.7. The number of carbonyl (C=O) groups is 1. The second kappa shape index (κ2) is 3.97. The van der Waals surface area contributed by atoms with Gasteiger partial charge in [-0.3, -0.25) is 4.79 Å². The molecule has 5 nitrogen and oxygen atoms in total. The first kappa shape index (κ1) is 10.7. The summed E-state index contributed by atoms with van der Waals surface area (Å²) in [6.45, 7) is -0.0639. The first-order chi connectivity index (χ1) is 7.59. The Morgan fingerprint density at radius 1 is 1.50 bits per heavy atom. The molecule has 0 amide bonds. The van der Waals surface area contributed by atoms with E-state index in [9.17, 15) is 9.18 Å². The molecule has 1 aromatic carbocycles. The third kappa shape index (κ3) is 1.79. The predicted octanol–water partition coefficient (Wildman–Crippen LogP) is 0.509. The molecular formula is C10H10FNO4. The molecule has 0 spiro atoms. The van der Waals surface area contributed by atoms with Crippen LogP contribution in [0.5, 0.6) is 11.5 Å². The average Bonchev–Trinajstić information content (AvgIpc) is 2.71. The molecule has 3 N–H and O–H groups in total. The lowest BCUT2D eigenvalue weighted by atomic mass is 10.0. The normalized spacial score (nSPS) is 14.9. The van der Waals surface area contributed by atoms with E-state index in [4.69, 9.17) is 20.3 Å². The van der Waals surface area contributed by atoms with Crippen LogP contribution in [0, 0.1) is 5.82 Å². The molecule has 2 rings (SSSR count). The Balaban J connectivity index is 2.29. The maximum absolute atomic E-state index is 13.2. The molecule has 0 bridgehead atoms. The molecule has 1 atom stereocenters. The number of ether oxygens (including phenoxy) is 2. The summed E-state index contributed by atoms with van der Waals surface area (Å²) in [7, 11) is 0. The maximum atomic E-state index is 13.2. The van der Waals surface area contributed by atoms with E-state index in [0.717, 1.165) is 0 Å². The van der Waals surface area contributed by atoms with Crippen molar-refractivity contribution in [3.05, 3.63) is 23.5 Å². The van der Waals surface area contributed by atoms with Crippen LogP contribution in [0.15, 0.2) is 12.1 Å². The van der Waals surface area contributed by atoms with Crippen molar-refractivity contribution in [3.8, 4) is 11.5 Å². The first-order valence-corrected chi connectivity index (χ1v) is 4.65. The summed E-state index contributed by atoms with van der Waals surface area (Å²) < 4.78 is 23.2. The molecule has 1 unspecified atom stereocenters. The Kier molecular flexibility index (Phi) is 2.66. The molecule has 1 aliphatic heterocycles. The van der Waals surface area contributed by atoms with Gasteiger partial charge in [-0.1, -0.05) is 6.07 Å². The van der Waals surface area contributed by atoms with Crippen LogP contribution in [0.3, 0.4) is 0 Å². The Morgan fingerprint density at radius 3 is 2.88 bits per heavy atom. The lowest BCUT2D eigenvalue weighted by Crippen LogP contribution is -2.32. The van der Waals surface area contributed by atoms with Crippen molar-refractivity contribution >= 4 is 5.97 Å². The van der Waals surface area contributed by atoms with Crippen LogP contribution in [0.25, 0.3) is 0 Å². The molecule has 0 saturated heterocycles. The van der Waals surface area contributed by atoms with E-state index in [1.54, 1.807) is 0 Å². The van der Waals surface area contributed by atoms with Gasteiger partial charge < -0.3 is 20.3 Å². The van der Waals surface area contributed by atoms with Crippen molar-refractivity contribution in [2.24, 2.45) is 5.73 Å². The number of hydrogen-bond acceptors (Lipinski definition) is 4. The molecule has 1 aromatic rings. The highest BCUT2D eigenvalue weighted by atomic mass is 19.1. The molecule has 0 saturated carbocycles. The van der Waals surface area contributed by atoms with Gasteiger partial charge in [0.15, 0.2) is 11.6 Å². The summed E-state index contributed by atoms with van der Waals surface area (Å²) in [4.78, 5) is 10.6. The van der Waals surface area contributed by atoms with E-state index in [2.05, 4.69) is 0 Å². The number of carboxylic acid groups (broad SMARTS) is 1. The zero-order valence-electron chi connectivity index (χ0n) is 8.27. The molecule has 0 aromatic heterocycles. The summed E-state index contributed by atoms with van der Waals surface area (Å²) in [5.41, 5.74) is 5.92. The predicted molar refractivity (Wildman–Crippen MR) is 51.8 cm³/mol. The minimum Gasteiger partial charge on any atom is -0.480 e. The van der Waals surface area contributed by atoms with Crippen molar-refractivity contribution in [3.63, 3.8) is 0 Å². The topological polar surface area (TPSA) is 81.8 Å². The van der Waals surface area contributed by atoms with Crippen molar-refractivity contribution in [1.82, 2.24) is 0 Å². The van der Waals surface area contributed by atoms with Crippen LogP contribution in [-0.4, -0.2) is 23.9 Å². The Bertz CT molecular complexity index is 435. The highest BCUT2D eigenvalue weighted by molar-refractivity contribution is 5.73. The number of hydrogen-bond donors (Lipinski definition) is 2. The Hall–Kier alpha value is -1.82. The van der Waals surface area contributed by atoms with Crippen LogP contribution in [0.1, 0.15) is 5.56 Å². The smallest absolute Gasteiger partial charge is 0.320 e.